The van der Waals surface area contributed by atoms with Crippen molar-refractivity contribution in [3.63, 3.8) is 0 Å². The van der Waals surface area contributed by atoms with Gasteiger partial charge in [-0.15, -0.1) is 0 Å². The maximum absolute atomic E-state index is 13.0. The predicted molar refractivity (Wildman–Crippen MR) is 338 cm³/mol. The number of carbonyl (C=O) groups is 1. The number of aliphatic hydroxyl groups excluding tert-OH is 1. The number of hydrogen-bond donors (Lipinski definition) is 2. The van der Waals surface area contributed by atoms with Crippen molar-refractivity contribution in [2.24, 2.45) is 0 Å². The normalized spacial score (nSPS) is 15.0. The molecule has 3 unspecified atom stereocenters. The molecule has 0 aliphatic rings. The summed E-state index contributed by atoms with van der Waals surface area (Å²) in [6, 6.07) is -0.934. The molecular weight excluding hydrogens is 984 g/mol. The number of nitrogens with one attached hydrogen (secondary N) is 1. The Morgan fingerprint density at radius 3 is 1.19 bits per heavy atom. The molecule has 0 saturated heterocycles. The molecule has 78 heavy (non-hydrogen) atoms. The summed E-state index contributed by atoms with van der Waals surface area (Å²) < 4.78 is 23.3. The van der Waals surface area contributed by atoms with Crippen molar-refractivity contribution in [2.75, 3.05) is 40.9 Å². The number of phosphoric ester groups is 1. The third-order valence-electron chi connectivity index (χ3n) is 12.4. The average molecular weight is 1100 g/mol. The number of carbonyl (C=O) groups excluding carboxylic acids is 1. The summed E-state index contributed by atoms with van der Waals surface area (Å²) in [6.45, 7) is 4.46. The third kappa shape index (κ3) is 59.5. The molecule has 0 aromatic carbocycles. The SMILES string of the molecule is CC/C=C\C/C=C\C/C=C\C/C=C\C/C=C\C/C=C\C/C=C\C/C=C\C/C=C\C/C=C\C/C=C\CCCCCCCC(=O)NC(COP(=O)([O-])OCC[N+](C)(C)C)C(O)/C=C/CC/C=C/CC/C=C/CCCCCCCCC. The van der Waals surface area contributed by atoms with Crippen LogP contribution in [0.3, 0.4) is 0 Å². The van der Waals surface area contributed by atoms with E-state index >= 15 is 0 Å². The molecule has 0 fully saturated rings. The van der Waals surface area contributed by atoms with Gasteiger partial charge < -0.3 is 28.8 Å². The van der Waals surface area contributed by atoms with Crippen LogP contribution in [0.4, 0.5) is 0 Å². The van der Waals surface area contributed by atoms with Crippen molar-refractivity contribution < 1.29 is 32.9 Å². The van der Waals surface area contributed by atoms with Crippen molar-refractivity contribution in [3.8, 4) is 0 Å². The number of amides is 1. The Balaban J connectivity index is 4.27. The first-order chi connectivity index (χ1) is 38.0. The van der Waals surface area contributed by atoms with Crippen LogP contribution in [0.5, 0.6) is 0 Å². The first kappa shape index (κ1) is 73.9. The molecule has 0 aliphatic carbocycles. The summed E-state index contributed by atoms with van der Waals surface area (Å²) in [5.41, 5.74) is 0. The first-order valence-corrected chi connectivity index (χ1v) is 32.0. The highest BCUT2D eigenvalue weighted by Gasteiger charge is 2.23. The van der Waals surface area contributed by atoms with Crippen LogP contribution in [-0.4, -0.2) is 68.5 Å². The van der Waals surface area contributed by atoms with E-state index in [0.717, 1.165) is 135 Å². The number of quaternary nitrogens is 1. The van der Waals surface area contributed by atoms with Crippen LogP contribution in [0.15, 0.2) is 170 Å². The molecular formula is C69H113N2O6P. The van der Waals surface area contributed by atoms with Gasteiger partial charge in [-0.1, -0.05) is 242 Å². The lowest BCUT2D eigenvalue weighted by atomic mass is 10.1. The Kier molecular flexibility index (Phi) is 54.5. The third-order valence-corrected chi connectivity index (χ3v) is 13.4. The monoisotopic (exact) mass is 1100 g/mol. The van der Waals surface area contributed by atoms with Gasteiger partial charge in [-0.2, -0.15) is 0 Å². The Bertz CT molecular complexity index is 1870. The van der Waals surface area contributed by atoms with Crippen LogP contribution in [0.25, 0.3) is 0 Å². The number of hydrogen-bond acceptors (Lipinski definition) is 6. The van der Waals surface area contributed by atoms with Crippen LogP contribution >= 0.6 is 7.82 Å². The molecule has 0 aromatic rings. The Morgan fingerprint density at radius 1 is 0.462 bits per heavy atom. The molecule has 8 nitrogen and oxygen atoms in total. The fourth-order valence-corrected chi connectivity index (χ4v) is 8.38. The highest BCUT2D eigenvalue weighted by Crippen LogP contribution is 2.38. The van der Waals surface area contributed by atoms with Crippen LogP contribution in [0, 0.1) is 0 Å². The van der Waals surface area contributed by atoms with Crippen molar-refractivity contribution in [3.05, 3.63) is 170 Å². The molecule has 1 amide bonds. The second-order valence-corrected chi connectivity index (χ2v) is 22.4. The largest absolute Gasteiger partial charge is 0.756 e. The molecule has 2 N–H and O–H groups in total. The minimum atomic E-state index is -4.63. The van der Waals surface area contributed by atoms with Gasteiger partial charge in [0.1, 0.15) is 13.2 Å². The summed E-state index contributed by atoms with van der Waals surface area (Å²) in [6.07, 6.45) is 91.5. The molecule has 0 bridgehead atoms. The van der Waals surface area contributed by atoms with Gasteiger partial charge in [0, 0.05) is 6.42 Å². The fraction of sp³-hybridized carbons (Fsp3) is 0.580. The zero-order valence-electron chi connectivity index (χ0n) is 50.0. The van der Waals surface area contributed by atoms with Gasteiger partial charge in [0.25, 0.3) is 7.82 Å². The van der Waals surface area contributed by atoms with E-state index in [1.54, 1.807) is 6.08 Å². The fourth-order valence-electron chi connectivity index (χ4n) is 7.66. The highest BCUT2D eigenvalue weighted by molar-refractivity contribution is 7.45. The number of nitrogens with zero attached hydrogens (tertiary/aromatic N) is 1. The standard InChI is InChI=1S/C69H113N2O6P/c1-6-8-10-12-14-16-18-20-22-24-25-26-27-28-29-30-31-32-33-34-35-36-37-38-39-40-41-42-43-44-45-47-49-51-53-55-57-59-61-63-69(73)70-67(66-77-78(74,75)76-65-64-71(3,4)5)68(72)62-60-58-56-54-52-50-48-46-23-21-19-17-15-13-11-9-7-2/h8,10,14,16,20,22-23,25-26,28-29,31-32,34-35,37-38,40-41,43-44,46-47,49,52,54,60,62,67-68,72H,6-7,9,11-13,15,17-19,21,24,27,30,33,36,39,42,45,48,50-51,53,55-59,61,63-66H2,1-5H3,(H-,70,73,74,75)/b10-8-,16-14-,22-20-,26-25-,29-28-,32-31-,35-34-,38-37-,41-40-,44-43-,46-23+,49-47-,54-52+,62-60+. The van der Waals surface area contributed by atoms with E-state index in [1.165, 1.54) is 44.9 Å². The van der Waals surface area contributed by atoms with E-state index < -0.39 is 26.6 Å². The lowest BCUT2D eigenvalue weighted by molar-refractivity contribution is -0.870. The number of allylic oxidation sites excluding steroid dienone is 27. The lowest BCUT2D eigenvalue weighted by Gasteiger charge is -2.29. The topological polar surface area (TPSA) is 108 Å². The van der Waals surface area contributed by atoms with Crippen LogP contribution in [0.1, 0.15) is 206 Å². The molecule has 0 heterocycles. The summed E-state index contributed by atoms with van der Waals surface area (Å²) in [5.74, 6) is -0.238. The second kappa shape index (κ2) is 57.5. The average Bonchev–Trinajstić information content (AvgIpc) is 3.40. The van der Waals surface area contributed by atoms with Gasteiger partial charge in [0.05, 0.1) is 39.9 Å². The Labute approximate surface area is 479 Å². The van der Waals surface area contributed by atoms with Crippen LogP contribution < -0.4 is 10.2 Å². The van der Waals surface area contributed by atoms with E-state index in [1.807, 2.05) is 27.2 Å². The van der Waals surface area contributed by atoms with Gasteiger partial charge in [-0.25, -0.2) is 0 Å². The van der Waals surface area contributed by atoms with Crippen molar-refractivity contribution in [1.29, 1.82) is 0 Å². The summed E-state index contributed by atoms with van der Waals surface area (Å²) in [4.78, 5) is 25.5. The maximum Gasteiger partial charge on any atom is 0.268 e. The molecule has 3 atom stereocenters. The van der Waals surface area contributed by atoms with Crippen molar-refractivity contribution >= 4 is 13.7 Å². The first-order valence-electron chi connectivity index (χ1n) is 30.5. The summed E-state index contributed by atoms with van der Waals surface area (Å²) in [5, 5.41) is 13.8. The summed E-state index contributed by atoms with van der Waals surface area (Å²) in [7, 11) is 1.19. The van der Waals surface area contributed by atoms with Gasteiger partial charge in [0.2, 0.25) is 5.91 Å². The van der Waals surface area contributed by atoms with E-state index in [-0.39, 0.29) is 12.5 Å². The van der Waals surface area contributed by atoms with E-state index in [9.17, 15) is 19.4 Å². The zero-order chi connectivity index (χ0) is 57.0. The Hall–Kier alpha value is -4.14. The molecule has 0 rings (SSSR count). The zero-order valence-corrected chi connectivity index (χ0v) is 50.9. The number of likely N-dealkylation sites (N-methyl/N-ethyl adjacent to an activating group) is 1. The molecule has 0 radical (unpaired) electrons. The number of aliphatic hydroxyl groups is 1. The minimum Gasteiger partial charge on any atom is -0.756 e. The van der Waals surface area contributed by atoms with Gasteiger partial charge >= 0.3 is 0 Å². The lowest BCUT2D eigenvalue weighted by Crippen LogP contribution is -2.45. The van der Waals surface area contributed by atoms with Gasteiger partial charge in [-0.05, 0) is 128 Å². The number of unbranched alkanes of at least 4 members (excludes halogenated alkanes) is 14. The second-order valence-electron chi connectivity index (χ2n) is 20.9. The molecule has 0 spiro atoms. The minimum absolute atomic E-state index is 0.0226. The quantitative estimate of drug-likeness (QED) is 0.0272. The van der Waals surface area contributed by atoms with Crippen LogP contribution in [0.2, 0.25) is 0 Å². The van der Waals surface area contributed by atoms with E-state index in [0.29, 0.717) is 23.9 Å². The van der Waals surface area contributed by atoms with E-state index in [4.69, 9.17) is 9.05 Å². The van der Waals surface area contributed by atoms with Crippen molar-refractivity contribution in [2.45, 2.75) is 219 Å². The molecule has 0 saturated carbocycles. The molecule has 440 valence electrons. The summed E-state index contributed by atoms with van der Waals surface area (Å²) >= 11 is 0. The van der Waals surface area contributed by atoms with Gasteiger partial charge in [-0.3, -0.25) is 9.36 Å². The van der Waals surface area contributed by atoms with Crippen molar-refractivity contribution in [1.82, 2.24) is 5.32 Å². The van der Waals surface area contributed by atoms with Crippen LogP contribution in [-0.2, 0) is 18.4 Å². The number of rotatable bonds is 53. The molecule has 9 heteroatoms. The smallest absolute Gasteiger partial charge is 0.268 e. The predicted octanol–water partition coefficient (Wildman–Crippen LogP) is 18.6. The highest BCUT2D eigenvalue weighted by atomic mass is 31.2. The van der Waals surface area contributed by atoms with Gasteiger partial charge in [0.15, 0.2) is 0 Å². The molecule has 0 aromatic heterocycles. The van der Waals surface area contributed by atoms with E-state index in [2.05, 4.69) is 177 Å². The Morgan fingerprint density at radius 2 is 0.795 bits per heavy atom. The molecule has 0 aliphatic heterocycles. The maximum atomic E-state index is 13.0. The number of phosphoric acid groups is 1.